The van der Waals surface area contributed by atoms with Crippen molar-refractivity contribution in [3.63, 3.8) is 0 Å². The molecule has 0 atom stereocenters. The highest BCUT2D eigenvalue weighted by molar-refractivity contribution is 6.31. The fraction of sp³-hybridized carbons (Fsp3) is 0.200. The first-order valence-corrected chi connectivity index (χ1v) is 4.91. The van der Waals surface area contributed by atoms with Crippen LogP contribution in [0.25, 0.3) is 10.9 Å². The third-order valence-electron chi connectivity index (χ3n) is 2.12. The number of nitrogens with zero attached hydrogens (tertiary/aromatic N) is 1. The van der Waals surface area contributed by atoms with Crippen LogP contribution in [0.3, 0.4) is 0 Å². The van der Waals surface area contributed by atoms with Gasteiger partial charge in [-0.25, -0.2) is 4.79 Å². The third kappa shape index (κ3) is 2.00. The molecule has 2 aromatic rings. The summed E-state index contributed by atoms with van der Waals surface area (Å²) in [6.45, 7) is 0.578. The summed E-state index contributed by atoms with van der Waals surface area (Å²) in [4.78, 5) is 17.8. The highest BCUT2D eigenvalue weighted by Crippen LogP contribution is 2.18. The van der Waals surface area contributed by atoms with Crippen LogP contribution in [0.15, 0.2) is 23.0 Å². The highest BCUT2D eigenvalue weighted by Gasteiger charge is 2.04. The summed E-state index contributed by atoms with van der Waals surface area (Å²) in [5.41, 5.74) is 1.12. The molecule has 0 aliphatic carbocycles. The van der Waals surface area contributed by atoms with E-state index < -0.39 is 0 Å². The zero-order valence-corrected chi connectivity index (χ0v) is 8.93. The minimum atomic E-state index is -0.338. The van der Waals surface area contributed by atoms with Gasteiger partial charge in [0.05, 0.1) is 5.52 Å². The van der Waals surface area contributed by atoms with E-state index in [0.29, 0.717) is 17.1 Å². The van der Waals surface area contributed by atoms with Crippen LogP contribution in [0.4, 0.5) is 0 Å². The minimum absolute atomic E-state index is 0.338. The van der Waals surface area contributed by atoms with Gasteiger partial charge in [-0.2, -0.15) is 4.98 Å². The maximum Gasteiger partial charge on any atom is 0.345 e. The van der Waals surface area contributed by atoms with Crippen molar-refractivity contribution in [1.29, 1.82) is 0 Å². The first kappa shape index (κ1) is 10.1. The number of fused-ring (bicyclic) bond motifs is 1. The highest BCUT2D eigenvalue weighted by atomic mass is 35.5. The van der Waals surface area contributed by atoms with Crippen LogP contribution in [0.2, 0.25) is 5.02 Å². The Kier molecular flexibility index (Phi) is 2.70. The molecular formula is C10H10ClN3O. The molecular weight excluding hydrogens is 214 g/mol. The topological polar surface area (TPSA) is 57.8 Å². The molecule has 0 aliphatic heterocycles. The van der Waals surface area contributed by atoms with Gasteiger partial charge in [-0.3, -0.25) is 0 Å². The van der Waals surface area contributed by atoms with Gasteiger partial charge in [-0.05, 0) is 25.2 Å². The van der Waals surface area contributed by atoms with Gasteiger partial charge < -0.3 is 10.3 Å². The number of aromatic amines is 1. The molecule has 0 aliphatic rings. The second kappa shape index (κ2) is 4.00. The molecule has 15 heavy (non-hydrogen) atoms. The van der Waals surface area contributed by atoms with Gasteiger partial charge in [0.25, 0.3) is 0 Å². The Bertz CT molecular complexity index is 550. The van der Waals surface area contributed by atoms with Crippen LogP contribution in [0.5, 0.6) is 0 Å². The van der Waals surface area contributed by atoms with Crippen LogP contribution >= 0.6 is 11.6 Å². The standard InChI is InChI=1S/C10H10ClN3O/c1-12-5-9-7-4-6(11)2-3-8(7)13-10(15)14-9/h2-4,12H,5H2,1H3,(H,13,14,15). The summed E-state index contributed by atoms with van der Waals surface area (Å²) in [7, 11) is 1.81. The molecule has 0 amide bonds. The van der Waals surface area contributed by atoms with Crippen LogP contribution in [-0.2, 0) is 6.54 Å². The summed E-state index contributed by atoms with van der Waals surface area (Å²) >= 11 is 5.89. The smallest absolute Gasteiger partial charge is 0.314 e. The quantitative estimate of drug-likeness (QED) is 0.807. The summed E-state index contributed by atoms with van der Waals surface area (Å²) in [5, 5.41) is 4.49. The molecule has 0 fully saturated rings. The molecule has 78 valence electrons. The first-order valence-electron chi connectivity index (χ1n) is 4.54. The second-order valence-corrected chi connectivity index (χ2v) is 3.65. The number of nitrogens with one attached hydrogen (secondary N) is 2. The van der Waals surface area contributed by atoms with Crippen molar-refractivity contribution in [3.8, 4) is 0 Å². The number of halogens is 1. The first-order chi connectivity index (χ1) is 7.20. The lowest BCUT2D eigenvalue weighted by atomic mass is 10.2. The van der Waals surface area contributed by atoms with E-state index in [0.717, 1.165) is 11.1 Å². The van der Waals surface area contributed by atoms with E-state index in [1.54, 1.807) is 18.2 Å². The molecule has 1 heterocycles. The van der Waals surface area contributed by atoms with Gasteiger partial charge in [0.2, 0.25) is 0 Å². The molecule has 2 rings (SSSR count). The predicted molar refractivity (Wildman–Crippen MR) is 60.1 cm³/mol. The minimum Gasteiger partial charge on any atom is -0.314 e. The summed E-state index contributed by atoms with van der Waals surface area (Å²) in [5.74, 6) is 0. The second-order valence-electron chi connectivity index (χ2n) is 3.21. The maximum absolute atomic E-state index is 11.2. The summed E-state index contributed by atoms with van der Waals surface area (Å²) in [6, 6.07) is 5.26. The van der Waals surface area contributed by atoms with Gasteiger partial charge in [0.15, 0.2) is 0 Å². The fourth-order valence-corrected chi connectivity index (χ4v) is 1.67. The molecule has 0 saturated heterocycles. The molecule has 1 aromatic carbocycles. The lowest BCUT2D eigenvalue weighted by Gasteiger charge is -2.04. The molecule has 0 spiro atoms. The zero-order chi connectivity index (χ0) is 10.8. The fourth-order valence-electron chi connectivity index (χ4n) is 1.50. The van der Waals surface area contributed by atoms with Crippen LogP contribution < -0.4 is 11.0 Å². The van der Waals surface area contributed by atoms with Crippen molar-refractivity contribution in [3.05, 3.63) is 39.4 Å². The molecule has 0 saturated carbocycles. The van der Waals surface area contributed by atoms with Gasteiger partial charge in [0.1, 0.15) is 0 Å². The zero-order valence-electron chi connectivity index (χ0n) is 8.17. The Morgan fingerprint density at radius 1 is 1.53 bits per heavy atom. The number of H-pyrrole nitrogens is 1. The molecule has 5 heteroatoms. The van der Waals surface area contributed by atoms with E-state index in [1.165, 1.54) is 0 Å². The van der Waals surface area contributed by atoms with Crippen molar-refractivity contribution in [2.24, 2.45) is 0 Å². The van der Waals surface area contributed by atoms with Crippen molar-refractivity contribution >= 4 is 22.5 Å². The third-order valence-corrected chi connectivity index (χ3v) is 2.35. The van der Waals surface area contributed by atoms with Crippen LogP contribution in [0.1, 0.15) is 5.69 Å². The number of rotatable bonds is 2. The molecule has 2 N–H and O–H groups in total. The van der Waals surface area contributed by atoms with Gasteiger partial charge >= 0.3 is 5.69 Å². The Balaban J connectivity index is 2.75. The molecule has 0 radical (unpaired) electrons. The number of hydrogen-bond donors (Lipinski definition) is 2. The van der Waals surface area contributed by atoms with Crippen molar-refractivity contribution in [2.75, 3.05) is 7.05 Å². The van der Waals surface area contributed by atoms with E-state index in [9.17, 15) is 4.79 Å². The Morgan fingerprint density at radius 3 is 3.07 bits per heavy atom. The van der Waals surface area contributed by atoms with Crippen LogP contribution in [0, 0.1) is 0 Å². The Labute approximate surface area is 91.3 Å². The van der Waals surface area contributed by atoms with Crippen LogP contribution in [-0.4, -0.2) is 17.0 Å². The van der Waals surface area contributed by atoms with Crippen molar-refractivity contribution in [1.82, 2.24) is 15.3 Å². The van der Waals surface area contributed by atoms with E-state index in [4.69, 9.17) is 11.6 Å². The van der Waals surface area contributed by atoms with Gasteiger partial charge in [0, 0.05) is 22.6 Å². The molecule has 4 nitrogen and oxygen atoms in total. The van der Waals surface area contributed by atoms with E-state index in [1.807, 2.05) is 7.05 Å². The van der Waals surface area contributed by atoms with Gasteiger partial charge in [-0.15, -0.1) is 0 Å². The van der Waals surface area contributed by atoms with E-state index >= 15 is 0 Å². The monoisotopic (exact) mass is 223 g/mol. The SMILES string of the molecule is CNCc1[nH]c(=O)nc2ccc(Cl)cc12. The maximum atomic E-state index is 11.2. The van der Waals surface area contributed by atoms with Crippen molar-refractivity contribution in [2.45, 2.75) is 6.54 Å². The van der Waals surface area contributed by atoms with Gasteiger partial charge in [-0.1, -0.05) is 11.6 Å². The summed E-state index contributed by atoms with van der Waals surface area (Å²) in [6.07, 6.45) is 0. The van der Waals surface area contributed by atoms with Crippen molar-refractivity contribution < 1.29 is 0 Å². The summed E-state index contributed by atoms with van der Waals surface area (Å²) < 4.78 is 0. The number of benzene rings is 1. The Morgan fingerprint density at radius 2 is 2.33 bits per heavy atom. The largest absolute Gasteiger partial charge is 0.345 e. The molecule has 0 bridgehead atoms. The molecule has 0 unspecified atom stereocenters. The molecule has 1 aromatic heterocycles. The van der Waals surface area contributed by atoms with E-state index in [-0.39, 0.29) is 5.69 Å². The lowest BCUT2D eigenvalue weighted by Crippen LogP contribution is -2.17. The Hall–Kier alpha value is -1.39. The number of hydrogen-bond acceptors (Lipinski definition) is 3. The normalized spacial score (nSPS) is 10.8. The average Bonchev–Trinajstić information content (AvgIpc) is 2.19. The van der Waals surface area contributed by atoms with E-state index in [2.05, 4.69) is 15.3 Å². The number of aromatic nitrogens is 2. The predicted octanol–water partition coefficient (Wildman–Crippen LogP) is 1.30. The average molecular weight is 224 g/mol. The lowest BCUT2D eigenvalue weighted by molar-refractivity contribution is 0.789.